The number of carbonyl (C=O) groups is 2. The Morgan fingerprint density at radius 1 is 0.909 bits per heavy atom. The van der Waals surface area contributed by atoms with E-state index in [1.54, 1.807) is 0 Å². The molecule has 0 saturated heterocycles. The van der Waals surface area contributed by atoms with E-state index in [1.165, 1.54) is 14.2 Å². The lowest BCUT2D eigenvalue weighted by atomic mass is 10.1. The Bertz CT molecular complexity index is 422. The SMILES string of the molecule is COC(=O)CCC(CC#N)N=NC(CC#N)CCC(=O)OC. The van der Waals surface area contributed by atoms with Gasteiger partial charge in [-0.15, -0.1) is 0 Å². The maximum atomic E-state index is 11.1. The molecular weight excluding hydrogens is 288 g/mol. The van der Waals surface area contributed by atoms with Crippen molar-refractivity contribution in [1.29, 1.82) is 10.5 Å². The van der Waals surface area contributed by atoms with E-state index in [4.69, 9.17) is 10.5 Å². The minimum Gasteiger partial charge on any atom is -0.469 e. The Labute approximate surface area is 129 Å². The van der Waals surface area contributed by atoms with Crippen LogP contribution >= 0.6 is 0 Å². The van der Waals surface area contributed by atoms with Crippen LogP contribution in [-0.4, -0.2) is 38.2 Å². The zero-order valence-corrected chi connectivity index (χ0v) is 12.8. The van der Waals surface area contributed by atoms with Crippen molar-refractivity contribution in [1.82, 2.24) is 0 Å². The van der Waals surface area contributed by atoms with E-state index in [0.29, 0.717) is 12.8 Å². The van der Waals surface area contributed by atoms with Gasteiger partial charge in [-0.1, -0.05) is 0 Å². The molecule has 0 fully saturated rings. The van der Waals surface area contributed by atoms with Crippen LogP contribution in [0.3, 0.4) is 0 Å². The molecule has 2 unspecified atom stereocenters. The number of rotatable bonds is 10. The van der Waals surface area contributed by atoms with Gasteiger partial charge in [-0.05, 0) is 12.8 Å². The molecule has 0 N–H and O–H groups in total. The Morgan fingerprint density at radius 3 is 1.55 bits per heavy atom. The molecule has 0 aliphatic rings. The third kappa shape index (κ3) is 9.43. The molecular formula is C14H20N4O4. The summed E-state index contributed by atoms with van der Waals surface area (Å²) in [4.78, 5) is 22.2. The predicted octanol–water partition coefficient (Wildman–Crippen LogP) is 1.91. The fourth-order valence-corrected chi connectivity index (χ4v) is 1.57. The molecule has 0 rings (SSSR count). The second-order valence-corrected chi connectivity index (χ2v) is 4.49. The lowest BCUT2D eigenvalue weighted by Crippen LogP contribution is -2.11. The molecule has 8 heteroatoms. The lowest BCUT2D eigenvalue weighted by Gasteiger charge is -2.10. The van der Waals surface area contributed by atoms with Crippen molar-refractivity contribution in [3.8, 4) is 12.1 Å². The summed E-state index contributed by atoms with van der Waals surface area (Å²) in [6.07, 6.45) is 1.23. The van der Waals surface area contributed by atoms with Gasteiger partial charge in [0.25, 0.3) is 0 Å². The monoisotopic (exact) mass is 308 g/mol. The van der Waals surface area contributed by atoms with Gasteiger partial charge in [0, 0.05) is 12.8 Å². The van der Waals surface area contributed by atoms with Crippen molar-refractivity contribution in [3.63, 3.8) is 0 Å². The second-order valence-electron chi connectivity index (χ2n) is 4.49. The summed E-state index contributed by atoms with van der Waals surface area (Å²) in [5.41, 5.74) is 0. The smallest absolute Gasteiger partial charge is 0.305 e. The van der Waals surface area contributed by atoms with Crippen LogP contribution in [0.5, 0.6) is 0 Å². The van der Waals surface area contributed by atoms with Crippen LogP contribution in [0.2, 0.25) is 0 Å². The van der Waals surface area contributed by atoms with Gasteiger partial charge in [-0.3, -0.25) is 9.59 Å². The van der Waals surface area contributed by atoms with Gasteiger partial charge in [0.2, 0.25) is 0 Å². The van der Waals surface area contributed by atoms with Crippen LogP contribution in [0.1, 0.15) is 38.5 Å². The zero-order valence-electron chi connectivity index (χ0n) is 12.8. The van der Waals surface area contributed by atoms with Crippen LogP contribution in [0, 0.1) is 22.7 Å². The first-order valence-electron chi connectivity index (χ1n) is 6.84. The largest absolute Gasteiger partial charge is 0.469 e. The number of azo groups is 1. The van der Waals surface area contributed by atoms with Crippen molar-refractivity contribution >= 4 is 11.9 Å². The third-order valence-electron chi connectivity index (χ3n) is 2.87. The van der Waals surface area contributed by atoms with Crippen LogP contribution in [-0.2, 0) is 19.1 Å². The van der Waals surface area contributed by atoms with Crippen LogP contribution in [0.15, 0.2) is 10.2 Å². The summed E-state index contributed by atoms with van der Waals surface area (Å²) >= 11 is 0. The van der Waals surface area contributed by atoms with Crippen LogP contribution in [0.4, 0.5) is 0 Å². The van der Waals surface area contributed by atoms with Gasteiger partial charge in [0.15, 0.2) is 0 Å². The molecule has 0 aliphatic heterocycles. The number of hydrogen-bond acceptors (Lipinski definition) is 8. The standard InChI is InChI=1S/C14H20N4O4/c1-21-13(19)5-3-11(7-9-15)17-18-12(8-10-16)4-6-14(20)22-2/h11-12H,3-8H2,1-2H3. The number of nitriles is 2. The molecule has 0 amide bonds. The summed E-state index contributed by atoms with van der Waals surface area (Å²) < 4.78 is 9.06. The molecule has 0 aromatic carbocycles. The highest BCUT2D eigenvalue weighted by atomic mass is 16.5. The molecule has 8 nitrogen and oxygen atoms in total. The summed E-state index contributed by atoms with van der Waals surface area (Å²) in [7, 11) is 2.58. The van der Waals surface area contributed by atoms with E-state index in [0.717, 1.165) is 0 Å². The Balaban J connectivity index is 4.56. The Hall–Kier alpha value is -2.48. The van der Waals surface area contributed by atoms with E-state index >= 15 is 0 Å². The number of carbonyl (C=O) groups excluding carboxylic acids is 2. The second kappa shape index (κ2) is 12.3. The summed E-state index contributed by atoms with van der Waals surface area (Å²) in [6.45, 7) is 0. The Kier molecular flexibility index (Phi) is 10.9. The number of esters is 2. The third-order valence-corrected chi connectivity index (χ3v) is 2.87. The molecule has 0 aromatic heterocycles. The number of hydrogen-bond donors (Lipinski definition) is 0. The summed E-state index contributed by atoms with van der Waals surface area (Å²) in [6, 6.07) is 3.10. The zero-order chi connectivity index (χ0) is 16.8. The fourth-order valence-electron chi connectivity index (χ4n) is 1.57. The minimum absolute atomic E-state index is 0.122. The first kappa shape index (κ1) is 19.5. The molecule has 0 aromatic rings. The predicted molar refractivity (Wildman–Crippen MR) is 75.4 cm³/mol. The van der Waals surface area contributed by atoms with Crippen LogP contribution in [0.25, 0.3) is 0 Å². The highest BCUT2D eigenvalue weighted by Gasteiger charge is 2.14. The normalized spacial score (nSPS) is 12.9. The fraction of sp³-hybridized carbons (Fsp3) is 0.714. The molecule has 22 heavy (non-hydrogen) atoms. The van der Waals surface area contributed by atoms with Crippen molar-refractivity contribution in [2.45, 2.75) is 50.6 Å². The molecule has 0 saturated carbocycles. The number of ether oxygens (including phenoxy) is 2. The minimum atomic E-state index is -0.427. The van der Waals surface area contributed by atoms with E-state index in [9.17, 15) is 9.59 Å². The van der Waals surface area contributed by atoms with E-state index in [2.05, 4.69) is 19.7 Å². The first-order valence-corrected chi connectivity index (χ1v) is 6.84. The van der Waals surface area contributed by atoms with Gasteiger partial charge < -0.3 is 9.47 Å². The van der Waals surface area contributed by atoms with Gasteiger partial charge in [0.05, 0.1) is 51.3 Å². The molecule has 0 spiro atoms. The van der Waals surface area contributed by atoms with Gasteiger partial charge in [-0.25, -0.2) is 0 Å². The van der Waals surface area contributed by atoms with Gasteiger partial charge >= 0.3 is 11.9 Å². The molecule has 0 bridgehead atoms. The maximum Gasteiger partial charge on any atom is 0.305 e. The average Bonchev–Trinajstić information content (AvgIpc) is 2.53. The topological polar surface area (TPSA) is 125 Å². The lowest BCUT2D eigenvalue weighted by molar-refractivity contribution is -0.141. The number of methoxy groups -OCH3 is 2. The highest BCUT2D eigenvalue weighted by Crippen LogP contribution is 2.13. The van der Waals surface area contributed by atoms with Crippen molar-refractivity contribution in [3.05, 3.63) is 0 Å². The highest BCUT2D eigenvalue weighted by molar-refractivity contribution is 5.69. The quantitative estimate of drug-likeness (QED) is 0.448. The number of nitrogens with zero attached hydrogens (tertiary/aromatic N) is 4. The molecule has 0 heterocycles. The maximum absolute atomic E-state index is 11.1. The van der Waals surface area contributed by atoms with E-state index in [-0.39, 0.29) is 37.6 Å². The van der Waals surface area contributed by atoms with E-state index in [1.807, 2.05) is 12.1 Å². The molecule has 2 atom stereocenters. The van der Waals surface area contributed by atoms with Crippen molar-refractivity contribution in [2.24, 2.45) is 10.2 Å². The van der Waals surface area contributed by atoms with Crippen molar-refractivity contribution in [2.75, 3.05) is 14.2 Å². The molecule has 0 aliphatic carbocycles. The van der Waals surface area contributed by atoms with Crippen molar-refractivity contribution < 1.29 is 19.1 Å². The van der Waals surface area contributed by atoms with Gasteiger partial charge in [0.1, 0.15) is 0 Å². The first-order chi connectivity index (χ1) is 10.6. The molecule has 0 radical (unpaired) electrons. The average molecular weight is 308 g/mol. The van der Waals surface area contributed by atoms with Gasteiger partial charge in [-0.2, -0.15) is 20.8 Å². The Morgan fingerprint density at radius 2 is 1.27 bits per heavy atom. The molecule has 120 valence electrons. The van der Waals surface area contributed by atoms with Crippen LogP contribution < -0.4 is 0 Å². The summed E-state index contributed by atoms with van der Waals surface area (Å²) in [5, 5.41) is 25.6. The summed E-state index contributed by atoms with van der Waals surface area (Å²) in [5.74, 6) is -0.755. The van der Waals surface area contributed by atoms with E-state index < -0.39 is 12.1 Å².